The highest BCUT2D eigenvalue weighted by atomic mass is 35.5. The van der Waals surface area contributed by atoms with Crippen molar-refractivity contribution in [3.8, 4) is 17.0 Å². The zero-order valence-corrected chi connectivity index (χ0v) is 14.2. The van der Waals surface area contributed by atoms with Gasteiger partial charge in [0.2, 0.25) is 5.91 Å². The number of benzene rings is 2. The Bertz CT molecular complexity index is 807. The second-order valence-electron chi connectivity index (χ2n) is 4.97. The van der Waals surface area contributed by atoms with E-state index in [0.29, 0.717) is 10.8 Å². The molecule has 0 saturated carbocycles. The lowest BCUT2D eigenvalue weighted by Crippen LogP contribution is -2.15. The molecule has 122 valence electrons. The number of nitrogens with zero attached hydrogens (tertiary/aromatic N) is 2. The van der Waals surface area contributed by atoms with Crippen molar-refractivity contribution in [1.29, 1.82) is 0 Å². The Morgan fingerprint density at radius 2 is 2.04 bits per heavy atom. The molecule has 3 aromatic rings. The first-order chi connectivity index (χ1) is 11.7. The largest absolute Gasteiger partial charge is 0.493 e. The van der Waals surface area contributed by atoms with E-state index >= 15 is 0 Å². The molecule has 0 bridgehead atoms. The van der Waals surface area contributed by atoms with Gasteiger partial charge in [-0.05, 0) is 41.9 Å². The minimum absolute atomic E-state index is 0.111. The minimum atomic E-state index is -0.111. The Kier molecular flexibility index (Phi) is 5.40. The predicted octanol–water partition coefficient (Wildman–Crippen LogP) is 4.27. The van der Waals surface area contributed by atoms with E-state index in [9.17, 15) is 4.79 Å². The Morgan fingerprint density at radius 3 is 2.75 bits per heavy atom. The third-order valence-electron chi connectivity index (χ3n) is 3.22. The monoisotopic (exact) mass is 359 g/mol. The summed E-state index contributed by atoms with van der Waals surface area (Å²) in [5.74, 6) is 0.539. The number of nitrogens with one attached hydrogen (secondary N) is 1. The van der Waals surface area contributed by atoms with Gasteiger partial charge in [0.1, 0.15) is 11.4 Å². The van der Waals surface area contributed by atoms with Crippen molar-refractivity contribution in [1.82, 2.24) is 9.59 Å². The van der Waals surface area contributed by atoms with Gasteiger partial charge in [-0.1, -0.05) is 34.3 Å². The summed E-state index contributed by atoms with van der Waals surface area (Å²) in [7, 11) is 0. The number of anilines is 1. The second-order valence-corrected chi connectivity index (χ2v) is 6.02. The van der Waals surface area contributed by atoms with Crippen molar-refractivity contribution in [3.05, 3.63) is 58.9 Å². The zero-order valence-electron chi connectivity index (χ0n) is 12.6. The van der Waals surface area contributed by atoms with Gasteiger partial charge in [0, 0.05) is 21.7 Å². The number of rotatable bonds is 6. The van der Waals surface area contributed by atoms with E-state index in [-0.39, 0.29) is 18.9 Å². The molecule has 1 N–H and O–H groups in total. The highest BCUT2D eigenvalue weighted by Crippen LogP contribution is 2.20. The molecule has 0 saturated heterocycles. The summed E-state index contributed by atoms with van der Waals surface area (Å²) in [5, 5.41) is 9.32. The molecule has 0 radical (unpaired) electrons. The van der Waals surface area contributed by atoms with E-state index in [1.54, 1.807) is 24.3 Å². The van der Waals surface area contributed by atoms with Gasteiger partial charge in [0.15, 0.2) is 0 Å². The fourth-order valence-corrected chi connectivity index (χ4v) is 2.70. The van der Waals surface area contributed by atoms with Crippen molar-refractivity contribution in [3.63, 3.8) is 0 Å². The standard InChI is InChI=1S/C17H14ClN3O2S/c18-13-2-1-3-15(10-13)23-9-8-17(22)19-14-6-4-12(5-7-14)16-11-24-21-20-16/h1-7,10-11H,8-9H2,(H,19,22). The van der Waals surface area contributed by atoms with Crippen LogP contribution >= 0.6 is 23.1 Å². The quantitative estimate of drug-likeness (QED) is 0.714. The SMILES string of the molecule is O=C(CCOc1cccc(Cl)c1)Nc1ccc(-c2csnn2)cc1. The first kappa shape index (κ1) is 16.4. The van der Waals surface area contributed by atoms with E-state index in [4.69, 9.17) is 16.3 Å². The molecule has 0 aliphatic heterocycles. The maximum absolute atomic E-state index is 11.9. The molecule has 0 aliphatic carbocycles. The first-order valence-electron chi connectivity index (χ1n) is 7.26. The number of hydrogen-bond acceptors (Lipinski definition) is 5. The van der Waals surface area contributed by atoms with Crippen LogP contribution in [0.1, 0.15) is 6.42 Å². The smallest absolute Gasteiger partial charge is 0.227 e. The second kappa shape index (κ2) is 7.90. The lowest BCUT2D eigenvalue weighted by molar-refractivity contribution is -0.116. The van der Waals surface area contributed by atoms with Gasteiger partial charge >= 0.3 is 0 Å². The van der Waals surface area contributed by atoms with E-state index < -0.39 is 0 Å². The van der Waals surface area contributed by atoms with Crippen LogP contribution < -0.4 is 10.1 Å². The van der Waals surface area contributed by atoms with Crippen molar-refractivity contribution in [2.75, 3.05) is 11.9 Å². The molecule has 2 aromatic carbocycles. The summed E-state index contributed by atoms with van der Waals surface area (Å²) < 4.78 is 9.34. The van der Waals surface area contributed by atoms with Crippen LogP contribution in [0, 0.1) is 0 Å². The molecular formula is C17H14ClN3O2S. The van der Waals surface area contributed by atoms with Gasteiger partial charge in [-0.3, -0.25) is 4.79 Å². The lowest BCUT2D eigenvalue weighted by Gasteiger charge is -2.08. The van der Waals surface area contributed by atoms with Crippen molar-refractivity contribution in [2.24, 2.45) is 0 Å². The first-order valence-corrected chi connectivity index (χ1v) is 8.48. The predicted molar refractivity (Wildman–Crippen MR) is 95.5 cm³/mol. The van der Waals surface area contributed by atoms with Crippen LogP contribution in [-0.2, 0) is 4.79 Å². The summed E-state index contributed by atoms with van der Waals surface area (Å²) in [5.41, 5.74) is 2.52. The van der Waals surface area contributed by atoms with E-state index in [0.717, 1.165) is 16.9 Å². The van der Waals surface area contributed by atoms with E-state index in [2.05, 4.69) is 14.9 Å². The average molecular weight is 360 g/mol. The number of ether oxygens (including phenoxy) is 1. The molecule has 3 rings (SSSR count). The molecule has 7 heteroatoms. The summed E-state index contributed by atoms with van der Waals surface area (Å²) in [6, 6.07) is 14.6. The number of carbonyl (C=O) groups is 1. The molecule has 0 atom stereocenters. The fourth-order valence-electron chi connectivity index (χ4n) is 2.06. The van der Waals surface area contributed by atoms with Gasteiger partial charge in [0.25, 0.3) is 0 Å². The molecule has 0 unspecified atom stereocenters. The number of carbonyl (C=O) groups excluding carboxylic acids is 1. The number of halogens is 1. The van der Waals surface area contributed by atoms with Crippen molar-refractivity contribution in [2.45, 2.75) is 6.42 Å². The van der Waals surface area contributed by atoms with Crippen LogP contribution in [-0.4, -0.2) is 22.1 Å². The van der Waals surface area contributed by atoms with Crippen LogP contribution in [0.3, 0.4) is 0 Å². The van der Waals surface area contributed by atoms with Gasteiger partial charge in [0.05, 0.1) is 13.0 Å². The molecule has 0 aliphatic rings. The normalized spacial score (nSPS) is 10.4. The Morgan fingerprint density at radius 1 is 1.21 bits per heavy atom. The molecule has 0 spiro atoms. The van der Waals surface area contributed by atoms with Gasteiger partial charge in [-0.25, -0.2) is 0 Å². The highest BCUT2D eigenvalue weighted by Gasteiger charge is 2.05. The minimum Gasteiger partial charge on any atom is -0.493 e. The molecular weight excluding hydrogens is 346 g/mol. The van der Waals surface area contributed by atoms with Gasteiger partial charge < -0.3 is 10.1 Å². The van der Waals surface area contributed by atoms with Gasteiger partial charge in [-0.15, -0.1) is 5.10 Å². The molecule has 5 nitrogen and oxygen atoms in total. The number of amides is 1. The Hall–Kier alpha value is -2.44. The van der Waals surface area contributed by atoms with Gasteiger partial charge in [-0.2, -0.15) is 0 Å². The molecule has 24 heavy (non-hydrogen) atoms. The lowest BCUT2D eigenvalue weighted by atomic mass is 10.1. The molecule has 1 amide bonds. The maximum atomic E-state index is 11.9. The van der Waals surface area contributed by atoms with Crippen LogP contribution in [0.2, 0.25) is 5.02 Å². The Labute approximate surface area is 148 Å². The summed E-state index contributed by atoms with van der Waals surface area (Å²) in [4.78, 5) is 11.9. The maximum Gasteiger partial charge on any atom is 0.227 e. The molecule has 1 aromatic heterocycles. The van der Waals surface area contributed by atoms with E-state index in [1.165, 1.54) is 11.5 Å². The van der Waals surface area contributed by atoms with E-state index in [1.807, 2.05) is 29.6 Å². The topological polar surface area (TPSA) is 64.1 Å². The van der Waals surface area contributed by atoms with Crippen LogP contribution in [0.25, 0.3) is 11.3 Å². The third-order valence-corrected chi connectivity index (χ3v) is 3.96. The highest BCUT2D eigenvalue weighted by molar-refractivity contribution is 7.03. The van der Waals surface area contributed by atoms with Crippen LogP contribution in [0.5, 0.6) is 5.75 Å². The van der Waals surface area contributed by atoms with Crippen LogP contribution in [0.4, 0.5) is 5.69 Å². The zero-order chi connectivity index (χ0) is 16.8. The Balaban J connectivity index is 1.48. The summed E-state index contributed by atoms with van der Waals surface area (Å²) in [6.45, 7) is 0.286. The fraction of sp³-hybridized carbons (Fsp3) is 0.118. The molecule has 0 fully saturated rings. The number of aromatic nitrogens is 2. The molecule has 1 heterocycles. The van der Waals surface area contributed by atoms with Crippen LogP contribution in [0.15, 0.2) is 53.9 Å². The average Bonchev–Trinajstić information content (AvgIpc) is 3.10. The number of hydrogen-bond donors (Lipinski definition) is 1. The van der Waals surface area contributed by atoms with Crippen molar-refractivity contribution >= 4 is 34.7 Å². The summed E-state index contributed by atoms with van der Waals surface area (Å²) in [6.07, 6.45) is 0.254. The van der Waals surface area contributed by atoms with Crippen molar-refractivity contribution < 1.29 is 9.53 Å². The summed E-state index contributed by atoms with van der Waals surface area (Å²) >= 11 is 7.18. The third kappa shape index (κ3) is 4.53.